The fourth-order valence-corrected chi connectivity index (χ4v) is 0.901. The summed E-state index contributed by atoms with van der Waals surface area (Å²) in [6.07, 6.45) is -0.164. The zero-order valence-corrected chi connectivity index (χ0v) is 7.34. The van der Waals surface area contributed by atoms with Crippen LogP contribution in [0.15, 0.2) is 0 Å². The molecule has 1 unspecified atom stereocenters. The van der Waals surface area contributed by atoms with E-state index < -0.39 is 13.6 Å². The first-order valence-corrected chi connectivity index (χ1v) is 4.75. The molecule has 0 aromatic rings. The van der Waals surface area contributed by atoms with Crippen molar-refractivity contribution in [3.63, 3.8) is 0 Å². The Morgan fingerprint density at radius 3 is 2.55 bits per heavy atom. The summed E-state index contributed by atoms with van der Waals surface area (Å²) < 4.78 is 19.4. The Labute approximate surface area is 64.8 Å². The highest BCUT2D eigenvalue weighted by Crippen LogP contribution is 2.39. The second-order valence-electron chi connectivity index (χ2n) is 1.88. The lowest BCUT2D eigenvalue weighted by Gasteiger charge is -2.07. The number of hydrogen-bond donors (Lipinski definition) is 1. The van der Waals surface area contributed by atoms with E-state index in [-0.39, 0.29) is 12.8 Å². The molecule has 66 valence electrons. The van der Waals surface area contributed by atoms with Crippen molar-refractivity contribution in [1.82, 2.24) is 0 Å². The Bertz CT molecular complexity index is 178. The number of carbonyl (C=O) groups excluding carboxylic acids is 1. The second-order valence-corrected chi connectivity index (χ2v) is 3.97. The molecule has 5 nitrogen and oxygen atoms in total. The smallest absolute Gasteiger partial charge is 0.331 e. The molecule has 0 saturated heterocycles. The number of esters is 1. The zero-order chi connectivity index (χ0) is 8.91. The first kappa shape index (κ1) is 10.6. The van der Waals surface area contributed by atoms with E-state index in [9.17, 15) is 9.36 Å². The molecule has 0 aliphatic carbocycles. The van der Waals surface area contributed by atoms with E-state index in [1.807, 2.05) is 0 Å². The molecule has 0 bridgehead atoms. The van der Waals surface area contributed by atoms with Crippen LogP contribution in [0, 0.1) is 0 Å². The molecule has 0 heterocycles. The molecule has 0 amide bonds. The summed E-state index contributed by atoms with van der Waals surface area (Å²) in [5.74, 6) is -0.471. The molecule has 1 N–H and O–H groups in total. The molecule has 0 aliphatic heterocycles. The van der Waals surface area contributed by atoms with Crippen LogP contribution < -0.4 is 0 Å². The van der Waals surface area contributed by atoms with Gasteiger partial charge in [-0.25, -0.2) is 0 Å². The molecule has 1 atom stereocenters. The van der Waals surface area contributed by atoms with Gasteiger partial charge in [-0.1, -0.05) is 0 Å². The summed E-state index contributed by atoms with van der Waals surface area (Å²) in [6, 6.07) is 0. The average Bonchev–Trinajstić information content (AvgIpc) is 1.87. The SMILES string of the molecule is COP(=O)(O)CCOC(C)=O. The van der Waals surface area contributed by atoms with Crippen LogP contribution in [0.5, 0.6) is 0 Å². The van der Waals surface area contributed by atoms with Crippen LogP contribution in [0.4, 0.5) is 0 Å². The van der Waals surface area contributed by atoms with Crippen molar-refractivity contribution in [3.05, 3.63) is 0 Å². The highest BCUT2D eigenvalue weighted by Gasteiger charge is 2.16. The average molecular weight is 182 g/mol. The summed E-state index contributed by atoms with van der Waals surface area (Å²) in [5.41, 5.74) is 0. The van der Waals surface area contributed by atoms with E-state index in [0.29, 0.717) is 0 Å². The van der Waals surface area contributed by atoms with Crippen LogP contribution in [0.3, 0.4) is 0 Å². The fourth-order valence-electron chi connectivity index (χ4n) is 0.396. The van der Waals surface area contributed by atoms with E-state index >= 15 is 0 Å². The van der Waals surface area contributed by atoms with E-state index in [4.69, 9.17) is 4.89 Å². The van der Waals surface area contributed by atoms with Crippen LogP contribution >= 0.6 is 7.60 Å². The number of carbonyl (C=O) groups is 1. The molecule has 11 heavy (non-hydrogen) atoms. The number of hydrogen-bond acceptors (Lipinski definition) is 4. The zero-order valence-electron chi connectivity index (χ0n) is 6.44. The summed E-state index contributed by atoms with van der Waals surface area (Å²) in [7, 11) is -2.37. The van der Waals surface area contributed by atoms with Crippen LogP contribution in [-0.2, 0) is 18.6 Å². The maximum absolute atomic E-state index is 10.7. The first-order valence-electron chi connectivity index (χ1n) is 2.99. The van der Waals surface area contributed by atoms with Crippen molar-refractivity contribution >= 4 is 13.6 Å². The van der Waals surface area contributed by atoms with Gasteiger partial charge in [-0.2, -0.15) is 0 Å². The molecule has 0 aromatic carbocycles. The third kappa shape index (κ3) is 6.04. The van der Waals surface area contributed by atoms with E-state index in [0.717, 1.165) is 7.11 Å². The molecule has 0 aromatic heterocycles. The highest BCUT2D eigenvalue weighted by molar-refractivity contribution is 7.52. The molecule has 0 saturated carbocycles. The minimum absolute atomic E-state index is 0.0864. The monoisotopic (exact) mass is 182 g/mol. The Kier molecular flexibility index (Phi) is 4.33. The predicted octanol–water partition coefficient (Wildman–Crippen LogP) is 0.381. The molecular formula is C5H11O5P. The highest BCUT2D eigenvalue weighted by atomic mass is 31.2. The van der Waals surface area contributed by atoms with Crippen molar-refractivity contribution in [2.24, 2.45) is 0 Å². The van der Waals surface area contributed by atoms with E-state index in [1.165, 1.54) is 6.92 Å². The van der Waals surface area contributed by atoms with Crippen molar-refractivity contribution in [2.45, 2.75) is 6.92 Å². The normalized spacial score (nSPS) is 15.5. The minimum atomic E-state index is -3.51. The lowest BCUT2D eigenvalue weighted by molar-refractivity contribution is -0.140. The van der Waals surface area contributed by atoms with Gasteiger partial charge in [-0.3, -0.25) is 9.36 Å². The standard InChI is InChI=1S/C5H11O5P/c1-5(6)10-3-4-11(7,8)9-2/h3-4H2,1-2H3,(H,7,8). The van der Waals surface area contributed by atoms with E-state index in [1.54, 1.807) is 0 Å². The lowest BCUT2D eigenvalue weighted by Crippen LogP contribution is -2.05. The predicted molar refractivity (Wildman–Crippen MR) is 38.3 cm³/mol. The Morgan fingerprint density at radius 2 is 2.18 bits per heavy atom. The van der Waals surface area contributed by atoms with Gasteiger partial charge in [0.05, 0.1) is 6.16 Å². The van der Waals surface area contributed by atoms with Gasteiger partial charge in [-0.05, 0) is 0 Å². The molecule has 6 heteroatoms. The Morgan fingerprint density at radius 1 is 1.64 bits per heavy atom. The Balaban J connectivity index is 3.54. The van der Waals surface area contributed by atoms with E-state index in [2.05, 4.69) is 9.26 Å². The summed E-state index contributed by atoms with van der Waals surface area (Å²) in [6.45, 7) is 1.14. The van der Waals surface area contributed by atoms with Crippen molar-refractivity contribution in [3.8, 4) is 0 Å². The van der Waals surface area contributed by atoms with Gasteiger partial charge < -0.3 is 14.2 Å². The maximum Gasteiger partial charge on any atom is 0.331 e. The molecule has 0 fully saturated rings. The fraction of sp³-hybridized carbons (Fsp3) is 0.800. The van der Waals surface area contributed by atoms with Crippen molar-refractivity contribution < 1.29 is 23.5 Å². The van der Waals surface area contributed by atoms with Crippen LogP contribution in [0.1, 0.15) is 6.92 Å². The van der Waals surface area contributed by atoms with Crippen molar-refractivity contribution in [1.29, 1.82) is 0 Å². The largest absolute Gasteiger partial charge is 0.465 e. The summed E-state index contributed by atoms with van der Waals surface area (Å²) in [4.78, 5) is 19.0. The molecule has 0 spiro atoms. The molecular weight excluding hydrogens is 171 g/mol. The van der Waals surface area contributed by atoms with Gasteiger partial charge >= 0.3 is 13.6 Å². The van der Waals surface area contributed by atoms with Gasteiger partial charge in [0.25, 0.3) is 0 Å². The minimum Gasteiger partial charge on any atom is -0.465 e. The second kappa shape index (κ2) is 4.49. The van der Waals surface area contributed by atoms with Crippen LogP contribution in [-0.4, -0.2) is 30.7 Å². The van der Waals surface area contributed by atoms with Crippen LogP contribution in [0.2, 0.25) is 0 Å². The van der Waals surface area contributed by atoms with Gasteiger partial charge in [0, 0.05) is 14.0 Å². The molecule has 0 rings (SSSR count). The number of rotatable bonds is 4. The van der Waals surface area contributed by atoms with Gasteiger partial charge in [-0.15, -0.1) is 0 Å². The molecule has 0 radical (unpaired) electrons. The molecule has 0 aliphatic rings. The Hall–Kier alpha value is -0.380. The topological polar surface area (TPSA) is 72.8 Å². The third-order valence-electron chi connectivity index (χ3n) is 0.964. The van der Waals surface area contributed by atoms with Gasteiger partial charge in [0.15, 0.2) is 0 Å². The van der Waals surface area contributed by atoms with Crippen LogP contribution in [0.25, 0.3) is 0 Å². The van der Waals surface area contributed by atoms with Gasteiger partial charge in [0.1, 0.15) is 6.61 Å². The van der Waals surface area contributed by atoms with Crippen molar-refractivity contribution in [2.75, 3.05) is 19.9 Å². The van der Waals surface area contributed by atoms with Gasteiger partial charge in [0.2, 0.25) is 0 Å². The lowest BCUT2D eigenvalue weighted by atomic mass is 10.8. The number of ether oxygens (including phenoxy) is 1. The summed E-state index contributed by atoms with van der Waals surface area (Å²) in [5, 5.41) is 0. The summed E-state index contributed by atoms with van der Waals surface area (Å²) >= 11 is 0. The third-order valence-corrected chi connectivity index (χ3v) is 2.28. The maximum atomic E-state index is 10.7. The first-order chi connectivity index (χ1) is 4.98. The quantitative estimate of drug-likeness (QED) is 0.502.